The maximum Gasteiger partial charge on any atom is 0.249 e. The monoisotopic (exact) mass is 356 g/mol. The fourth-order valence-corrected chi connectivity index (χ4v) is 2.29. The summed E-state index contributed by atoms with van der Waals surface area (Å²) in [5.41, 5.74) is 1.70. The second kappa shape index (κ2) is 7.13. The number of nitriles is 1. The minimum absolute atomic E-state index is 0.249. The van der Waals surface area contributed by atoms with Crippen LogP contribution >= 0.6 is 23.2 Å². The summed E-state index contributed by atoms with van der Waals surface area (Å²) in [6.07, 6.45) is 1.46. The predicted octanol–water partition coefficient (Wildman–Crippen LogP) is 4.54. The summed E-state index contributed by atoms with van der Waals surface area (Å²) in [7, 11) is 0. The molecule has 24 heavy (non-hydrogen) atoms. The van der Waals surface area contributed by atoms with Gasteiger partial charge in [-0.15, -0.1) is 5.10 Å². The van der Waals surface area contributed by atoms with E-state index in [9.17, 15) is 0 Å². The lowest BCUT2D eigenvalue weighted by atomic mass is 10.2. The molecule has 0 atom stereocenters. The van der Waals surface area contributed by atoms with Crippen LogP contribution in [-0.4, -0.2) is 15.2 Å². The lowest BCUT2D eigenvalue weighted by molar-refractivity contribution is 0.982. The van der Waals surface area contributed by atoms with Gasteiger partial charge < -0.3 is 10.6 Å². The van der Waals surface area contributed by atoms with E-state index < -0.39 is 0 Å². The molecule has 0 aliphatic carbocycles. The number of hydrogen-bond acceptors (Lipinski definition) is 6. The molecule has 0 unspecified atom stereocenters. The number of aromatic nitrogens is 3. The zero-order valence-electron chi connectivity index (χ0n) is 12.2. The Morgan fingerprint density at radius 3 is 2.67 bits per heavy atom. The summed E-state index contributed by atoms with van der Waals surface area (Å²) >= 11 is 12.1. The zero-order chi connectivity index (χ0) is 16.9. The number of rotatable bonds is 4. The van der Waals surface area contributed by atoms with E-state index in [1.165, 1.54) is 6.20 Å². The molecule has 8 heteroatoms. The highest BCUT2D eigenvalue weighted by Crippen LogP contribution is 2.27. The Bertz CT molecular complexity index is 922. The fraction of sp³-hybridized carbons (Fsp3) is 0. The Kier molecular flexibility index (Phi) is 4.75. The molecule has 118 valence electrons. The lowest BCUT2D eigenvalue weighted by Gasteiger charge is -2.09. The second-order valence-electron chi connectivity index (χ2n) is 4.70. The minimum atomic E-state index is 0.249. The summed E-state index contributed by atoms with van der Waals surface area (Å²) in [6.45, 7) is 0. The highest BCUT2D eigenvalue weighted by Gasteiger charge is 2.07. The number of nitrogens with one attached hydrogen (secondary N) is 2. The molecule has 0 amide bonds. The highest BCUT2D eigenvalue weighted by molar-refractivity contribution is 6.35. The van der Waals surface area contributed by atoms with Gasteiger partial charge in [0.25, 0.3) is 0 Å². The molecule has 2 aromatic carbocycles. The van der Waals surface area contributed by atoms with Crippen LogP contribution in [0.4, 0.5) is 23.1 Å². The lowest BCUT2D eigenvalue weighted by Crippen LogP contribution is -2.03. The third kappa shape index (κ3) is 3.71. The first-order valence-electron chi connectivity index (χ1n) is 6.83. The van der Waals surface area contributed by atoms with E-state index in [1.54, 1.807) is 36.4 Å². The second-order valence-corrected chi connectivity index (χ2v) is 5.54. The van der Waals surface area contributed by atoms with E-state index in [0.29, 0.717) is 32.8 Å². The first-order valence-corrected chi connectivity index (χ1v) is 7.59. The van der Waals surface area contributed by atoms with E-state index in [0.717, 1.165) is 0 Å². The molecule has 1 heterocycles. The topological polar surface area (TPSA) is 86.5 Å². The normalized spacial score (nSPS) is 10.0. The average Bonchev–Trinajstić information content (AvgIpc) is 2.59. The quantitative estimate of drug-likeness (QED) is 0.713. The molecule has 1 aromatic heterocycles. The van der Waals surface area contributed by atoms with Crippen molar-refractivity contribution >= 4 is 46.3 Å². The first-order chi connectivity index (χ1) is 11.7. The number of halogens is 2. The summed E-state index contributed by atoms with van der Waals surface area (Å²) in [6, 6.07) is 14.2. The SMILES string of the molecule is N#Cc1ccccc1Nc1cnnc(Nc2cc(Cl)ccc2Cl)n1. The average molecular weight is 357 g/mol. The van der Waals surface area contributed by atoms with E-state index >= 15 is 0 Å². The molecule has 0 saturated carbocycles. The molecule has 0 radical (unpaired) electrons. The van der Waals surface area contributed by atoms with Gasteiger partial charge in [-0.05, 0) is 30.3 Å². The molecule has 2 N–H and O–H groups in total. The number of para-hydroxylation sites is 1. The third-order valence-electron chi connectivity index (χ3n) is 3.04. The summed E-state index contributed by atoms with van der Waals surface area (Å²) in [5, 5.41) is 23.9. The van der Waals surface area contributed by atoms with Gasteiger partial charge in [0.15, 0.2) is 5.82 Å². The molecule has 0 spiro atoms. The molecular formula is C16H10Cl2N6. The molecular weight excluding hydrogens is 347 g/mol. The van der Waals surface area contributed by atoms with E-state index in [4.69, 9.17) is 28.5 Å². The molecule has 3 aromatic rings. The van der Waals surface area contributed by atoms with Gasteiger partial charge >= 0.3 is 0 Å². The van der Waals surface area contributed by atoms with Gasteiger partial charge in [0, 0.05) is 5.02 Å². The molecule has 0 bridgehead atoms. The Hall–Kier alpha value is -2.88. The van der Waals surface area contributed by atoms with Crippen molar-refractivity contribution in [1.82, 2.24) is 15.2 Å². The zero-order valence-corrected chi connectivity index (χ0v) is 13.7. The van der Waals surface area contributed by atoms with Gasteiger partial charge in [-0.3, -0.25) is 0 Å². The molecule has 0 saturated heterocycles. The van der Waals surface area contributed by atoms with Gasteiger partial charge in [0.2, 0.25) is 5.95 Å². The van der Waals surface area contributed by atoms with E-state index in [1.807, 2.05) is 6.07 Å². The van der Waals surface area contributed by atoms with Gasteiger partial charge in [0.05, 0.1) is 28.2 Å². The van der Waals surface area contributed by atoms with Crippen LogP contribution in [0, 0.1) is 11.3 Å². The Labute approximate surface area is 148 Å². The van der Waals surface area contributed by atoms with Crippen molar-refractivity contribution < 1.29 is 0 Å². The minimum Gasteiger partial charge on any atom is -0.338 e. The van der Waals surface area contributed by atoms with Crippen LogP contribution in [0.2, 0.25) is 10.0 Å². The smallest absolute Gasteiger partial charge is 0.249 e. The summed E-state index contributed by atoms with van der Waals surface area (Å²) in [5.74, 6) is 0.687. The number of benzene rings is 2. The van der Waals surface area contributed by atoms with Crippen LogP contribution in [0.25, 0.3) is 0 Å². The van der Waals surface area contributed by atoms with Crippen molar-refractivity contribution in [2.45, 2.75) is 0 Å². The largest absolute Gasteiger partial charge is 0.338 e. The number of hydrogen-bond donors (Lipinski definition) is 2. The molecule has 0 aliphatic heterocycles. The van der Waals surface area contributed by atoms with Crippen LogP contribution in [0.5, 0.6) is 0 Å². The third-order valence-corrected chi connectivity index (χ3v) is 3.61. The Balaban J connectivity index is 1.84. The maximum atomic E-state index is 9.12. The van der Waals surface area contributed by atoms with Crippen LogP contribution in [-0.2, 0) is 0 Å². The van der Waals surface area contributed by atoms with Crippen molar-refractivity contribution in [3.05, 3.63) is 64.3 Å². The van der Waals surface area contributed by atoms with Gasteiger partial charge in [-0.1, -0.05) is 35.3 Å². The van der Waals surface area contributed by atoms with Crippen LogP contribution < -0.4 is 10.6 Å². The molecule has 0 fully saturated rings. The molecule has 3 rings (SSSR count). The molecule has 0 aliphatic rings. The summed E-state index contributed by atoms with van der Waals surface area (Å²) in [4.78, 5) is 4.30. The van der Waals surface area contributed by atoms with Crippen molar-refractivity contribution in [2.24, 2.45) is 0 Å². The van der Waals surface area contributed by atoms with E-state index in [-0.39, 0.29) is 5.95 Å². The standard InChI is InChI=1S/C16H10Cl2N6/c17-11-5-6-12(18)14(7-11)22-16-23-15(9-20-24-16)21-13-4-2-1-3-10(13)8-19/h1-7,9H,(H2,21,22,23,24). The van der Waals surface area contributed by atoms with Crippen molar-refractivity contribution in [2.75, 3.05) is 10.6 Å². The number of anilines is 4. The van der Waals surface area contributed by atoms with Crippen LogP contribution in [0.1, 0.15) is 5.56 Å². The first kappa shape index (κ1) is 16.0. The Morgan fingerprint density at radius 1 is 1.00 bits per heavy atom. The van der Waals surface area contributed by atoms with E-state index in [2.05, 4.69) is 31.9 Å². The van der Waals surface area contributed by atoms with Crippen molar-refractivity contribution in [3.8, 4) is 6.07 Å². The van der Waals surface area contributed by atoms with Crippen molar-refractivity contribution in [3.63, 3.8) is 0 Å². The van der Waals surface area contributed by atoms with Gasteiger partial charge in [-0.25, -0.2) is 0 Å². The number of nitrogens with zero attached hydrogens (tertiary/aromatic N) is 4. The summed E-state index contributed by atoms with van der Waals surface area (Å²) < 4.78 is 0. The maximum absolute atomic E-state index is 9.12. The van der Waals surface area contributed by atoms with Gasteiger partial charge in [-0.2, -0.15) is 15.3 Å². The van der Waals surface area contributed by atoms with Crippen LogP contribution in [0.3, 0.4) is 0 Å². The van der Waals surface area contributed by atoms with Crippen molar-refractivity contribution in [1.29, 1.82) is 5.26 Å². The van der Waals surface area contributed by atoms with Gasteiger partial charge in [0.1, 0.15) is 6.07 Å². The molecule has 6 nitrogen and oxygen atoms in total. The Morgan fingerprint density at radius 2 is 1.83 bits per heavy atom. The fourth-order valence-electron chi connectivity index (χ4n) is 1.96. The predicted molar refractivity (Wildman–Crippen MR) is 94.0 cm³/mol. The van der Waals surface area contributed by atoms with Crippen LogP contribution in [0.15, 0.2) is 48.7 Å². The highest BCUT2D eigenvalue weighted by atomic mass is 35.5.